The van der Waals surface area contributed by atoms with Crippen molar-refractivity contribution in [3.8, 4) is 0 Å². The number of hydrogen-bond donors (Lipinski definition) is 2. The summed E-state index contributed by atoms with van der Waals surface area (Å²) < 4.78 is 14.9. The van der Waals surface area contributed by atoms with E-state index < -0.39 is 0 Å². The van der Waals surface area contributed by atoms with Crippen LogP contribution in [0.1, 0.15) is 18.4 Å². The van der Waals surface area contributed by atoms with Gasteiger partial charge in [0.2, 0.25) is 0 Å². The van der Waals surface area contributed by atoms with E-state index in [0.717, 1.165) is 24.9 Å². The van der Waals surface area contributed by atoms with Crippen LogP contribution in [0, 0.1) is 11.7 Å². The van der Waals surface area contributed by atoms with Gasteiger partial charge in [-0.05, 0) is 36.5 Å². The zero-order valence-corrected chi connectivity index (χ0v) is 13.0. The third kappa shape index (κ3) is 4.50. The van der Waals surface area contributed by atoms with E-state index in [1.165, 1.54) is 12.1 Å². The summed E-state index contributed by atoms with van der Waals surface area (Å²) in [7, 11) is 0. The summed E-state index contributed by atoms with van der Waals surface area (Å²) in [4.78, 5) is 4.05. The van der Waals surface area contributed by atoms with Crippen LogP contribution >= 0.6 is 0 Å². The predicted molar refractivity (Wildman–Crippen MR) is 88.2 cm³/mol. The molecule has 2 aromatic rings. The van der Waals surface area contributed by atoms with E-state index in [-0.39, 0.29) is 18.0 Å². The van der Waals surface area contributed by atoms with E-state index in [9.17, 15) is 9.50 Å². The first-order valence-corrected chi connectivity index (χ1v) is 8.00. The molecule has 122 valence electrons. The molecule has 0 spiro atoms. The minimum Gasteiger partial charge on any atom is -0.391 e. The molecular weight excluding hydrogens is 293 g/mol. The van der Waals surface area contributed by atoms with Crippen LogP contribution in [0.3, 0.4) is 0 Å². The van der Waals surface area contributed by atoms with Crippen molar-refractivity contribution in [2.24, 2.45) is 5.92 Å². The maximum atomic E-state index is 12.8. The first-order valence-electron chi connectivity index (χ1n) is 8.00. The van der Waals surface area contributed by atoms with Gasteiger partial charge in [0.15, 0.2) is 0 Å². The van der Waals surface area contributed by atoms with Gasteiger partial charge in [-0.25, -0.2) is 9.37 Å². The molecule has 1 unspecified atom stereocenters. The summed E-state index contributed by atoms with van der Waals surface area (Å²) in [5.41, 5.74) is 0.971. The smallest absolute Gasteiger partial charge is 0.123 e. The van der Waals surface area contributed by atoms with Crippen molar-refractivity contribution in [3.63, 3.8) is 0 Å². The van der Waals surface area contributed by atoms with Crippen LogP contribution in [-0.2, 0) is 6.54 Å². The number of benzene rings is 1. The quantitative estimate of drug-likeness (QED) is 0.861. The number of nitrogens with zero attached hydrogens (tertiary/aromatic N) is 2. The number of hydrogen-bond acceptors (Lipinski definition) is 3. The Morgan fingerprint density at radius 2 is 2.13 bits per heavy atom. The third-order valence-electron chi connectivity index (χ3n) is 4.33. The lowest BCUT2D eigenvalue weighted by molar-refractivity contribution is 0.148. The van der Waals surface area contributed by atoms with Crippen LogP contribution < -0.4 is 5.32 Å². The van der Waals surface area contributed by atoms with Crippen molar-refractivity contribution in [1.82, 2.24) is 14.9 Å². The molecule has 0 aliphatic heterocycles. The molecule has 4 nitrogen and oxygen atoms in total. The van der Waals surface area contributed by atoms with Crippen LogP contribution in [0.25, 0.3) is 6.08 Å². The first-order chi connectivity index (χ1) is 11.2. The summed E-state index contributed by atoms with van der Waals surface area (Å²) in [6.45, 7) is 1.59. The van der Waals surface area contributed by atoms with Gasteiger partial charge in [-0.3, -0.25) is 0 Å². The fourth-order valence-corrected chi connectivity index (χ4v) is 3.17. The molecule has 3 rings (SSSR count). The molecule has 1 aliphatic rings. The maximum Gasteiger partial charge on any atom is 0.123 e. The second-order valence-electron chi connectivity index (χ2n) is 6.13. The Morgan fingerprint density at radius 3 is 2.87 bits per heavy atom. The van der Waals surface area contributed by atoms with Gasteiger partial charge in [0.25, 0.3) is 0 Å². The molecule has 5 heteroatoms. The molecule has 1 fully saturated rings. The number of halogens is 1. The van der Waals surface area contributed by atoms with Gasteiger partial charge in [0.05, 0.1) is 12.4 Å². The van der Waals surface area contributed by atoms with Crippen LogP contribution in [0.5, 0.6) is 0 Å². The molecular formula is C18H22FN3O. The lowest BCUT2D eigenvalue weighted by atomic mass is 10.1. The Morgan fingerprint density at radius 1 is 1.30 bits per heavy atom. The topological polar surface area (TPSA) is 50.1 Å². The van der Waals surface area contributed by atoms with Gasteiger partial charge in [-0.2, -0.15) is 0 Å². The van der Waals surface area contributed by atoms with E-state index >= 15 is 0 Å². The van der Waals surface area contributed by atoms with Gasteiger partial charge in [-0.15, -0.1) is 0 Å². The van der Waals surface area contributed by atoms with Gasteiger partial charge in [0, 0.05) is 31.5 Å². The number of aliphatic hydroxyl groups excluding tert-OH is 1. The molecule has 1 saturated carbocycles. The normalized spacial score (nSPS) is 24.5. The molecule has 2 N–H and O–H groups in total. The first kappa shape index (κ1) is 15.9. The lowest BCUT2D eigenvalue weighted by Gasteiger charge is -2.15. The molecule has 0 radical (unpaired) electrons. The third-order valence-corrected chi connectivity index (χ3v) is 4.33. The number of imidazole rings is 1. The van der Waals surface area contributed by atoms with Gasteiger partial charge in [-0.1, -0.05) is 24.3 Å². The molecule has 0 saturated heterocycles. The van der Waals surface area contributed by atoms with Crippen LogP contribution in [0.2, 0.25) is 0 Å². The van der Waals surface area contributed by atoms with Crippen molar-refractivity contribution in [1.29, 1.82) is 0 Å². The monoisotopic (exact) mass is 315 g/mol. The van der Waals surface area contributed by atoms with Gasteiger partial charge >= 0.3 is 0 Å². The number of aromatic nitrogens is 2. The Kier molecular flexibility index (Phi) is 5.20. The Hall–Kier alpha value is -1.98. The highest BCUT2D eigenvalue weighted by molar-refractivity contribution is 5.48. The Balaban J connectivity index is 1.44. The number of nitrogens with one attached hydrogen (secondary N) is 1. The van der Waals surface area contributed by atoms with Crippen molar-refractivity contribution in [3.05, 3.63) is 60.4 Å². The highest BCUT2D eigenvalue weighted by Crippen LogP contribution is 2.27. The largest absolute Gasteiger partial charge is 0.391 e. The fraction of sp³-hybridized carbons (Fsp3) is 0.389. The number of aliphatic hydroxyl groups is 1. The average Bonchev–Trinajstić information content (AvgIpc) is 3.16. The predicted octanol–water partition coefficient (Wildman–Crippen LogP) is 2.46. The zero-order chi connectivity index (χ0) is 16.1. The summed E-state index contributed by atoms with van der Waals surface area (Å²) >= 11 is 0. The van der Waals surface area contributed by atoms with E-state index in [2.05, 4.69) is 14.9 Å². The van der Waals surface area contributed by atoms with E-state index in [0.29, 0.717) is 12.5 Å². The summed E-state index contributed by atoms with van der Waals surface area (Å²) in [5, 5.41) is 13.6. The summed E-state index contributed by atoms with van der Waals surface area (Å²) in [6.07, 6.45) is 11.0. The highest BCUT2D eigenvalue weighted by Gasteiger charge is 2.32. The maximum absolute atomic E-state index is 12.8. The molecule has 1 heterocycles. The second kappa shape index (κ2) is 7.53. The second-order valence-corrected chi connectivity index (χ2v) is 6.13. The minimum atomic E-state index is -0.303. The molecule has 1 aliphatic carbocycles. The van der Waals surface area contributed by atoms with Crippen molar-refractivity contribution >= 4 is 6.08 Å². The van der Waals surface area contributed by atoms with Crippen LogP contribution in [0.15, 0.2) is 49.1 Å². The lowest BCUT2D eigenvalue weighted by Crippen LogP contribution is -2.35. The molecule has 1 aromatic carbocycles. The molecule has 3 atom stereocenters. The van der Waals surface area contributed by atoms with Crippen molar-refractivity contribution < 1.29 is 9.50 Å². The van der Waals surface area contributed by atoms with Crippen LogP contribution in [0.4, 0.5) is 4.39 Å². The van der Waals surface area contributed by atoms with Crippen molar-refractivity contribution in [2.75, 3.05) is 6.54 Å². The van der Waals surface area contributed by atoms with Crippen LogP contribution in [-0.4, -0.2) is 33.3 Å². The summed E-state index contributed by atoms with van der Waals surface area (Å²) in [5.74, 6) is 0.246. The van der Waals surface area contributed by atoms with Gasteiger partial charge in [0.1, 0.15) is 5.82 Å². The highest BCUT2D eigenvalue weighted by atomic mass is 19.1. The standard InChI is InChI=1S/C18H22FN3O/c19-16-5-3-14(4-6-16)2-1-7-21-17-10-15(11-18(17)23)12-22-9-8-20-13-22/h1-6,8-9,13,15,17-18,21,23H,7,10-12H2/b2-1+/t15?,17-,18-/m1/s1. The van der Waals surface area contributed by atoms with E-state index in [1.54, 1.807) is 18.3 Å². The van der Waals surface area contributed by atoms with Gasteiger partial charge < -0.3 is 15.0 Å². The SMILES string of the molecule is O[C@@H]1CC(Cn2ccnc2)C[C@H]1NC/C=C/c1ccc(F)cc1. The fourth-order valence-electron chi connectivity index (χ4n) is 3.17. The summed E-state index contributed by atoms with van der Waals surface area (Å²) in [6, 6.07) is 6.53. The number of rotatable bonds is 6. The Labute approximate surface area is 135 Å². The molecule has 0 amide bonds. The molecule has 0 bridgehead atoms. The van der Waals surface area contributed by atoms with Crippen molar-refractivity contribution in [2.45, 2.75) is 31.5 Å². The zero-order valence-electron chi connectivity index (χ0n) is 13.0. The molecule has 1 aromatic heterocycles. The Bertz CT molecular complexity index is 624. The van der Waals surface area contributed by atoms with E-state index in [1.807, 2.05) is 24.7 Å². The molecule has 23 heavy (non-hydrogen) atoms. The average molecular weight is 315 g/mol. The van der Waals surface area contributed by atoms with E-state index in [4.69, 9.17) is 0 Å². The minimum absolute atomic E-state index is 0.126.